The summed E-state index contributed by atoms with van der Waals surface area (Å²) in [7, 11) is 3.13. The van der Waals surface area contributed by atoms with Gasteiger partial charge in [-0.1, -0.05) is 13.0 Å². The van der Waals surface area contributed by atoms with Crippen LogP contribution in [0.25, 0.3) is 0 Å². The Bertz CT molecular complexity index is 1280. The number of carbonyl (C=O) groups is 2. The molecule has 3 amide bonds. The SMILES string of the molecule is CCCN(CC(=O)N(CCc1ccc(OC)c(OC)c1)Cc1sccc1C)C(=O)Nc1ccc(C(F)(F)F)cc1. The third kappa shape index (κ3) is 8.38. The zero-order valence-electron chi connectivity index (χ0n) is 23.0. The number of benzene rings is 2. The average Bonchev–Trinajstić information content (AvgIpc) is 3.34. The molecule has 0 aliphatic rings. The van der Waals surface area contributed by atoms with Gasteiger partial charge in [0.05, 0.1) is 26.3 Å². The fourth-order valence-corrected chi connectivity index (χ4v) is 4.98. The number of amides is 3. The lowest BCUT2D eigenvalue weighted by Crippen LogP contribution is -2.45. The molecule has 0 saturated carbocycles. The fraction of sp³-hybridized carbons (Fsp3) is 0.379. The smallest absolute Gasteiger partial charge is 0.416 e. The van der Waals surface area contributed by atoms with Crippen LogP contribution in [0.15, 0.2) is 53.9 Å². The number of anilines is 1. The van der Waals surface area contributed by atoms with E-state index in [2.05, 4.69) is 5.32 Å². The maximum Gasteiger partial charge on any atom is 0.416 e. The van der Waals surface area contributed by atoms with Gasteiger partial charge in [-0.15, -0.1) is 11.3 Å². The zero-order valence-corrected chi connectivity index (χ0v) is 23.8. The van der Waals surface area contributed by atoms with Crippen LogP contribution in [0.2, 0.25) is 0 Å². The van der Waals surface area contributed by atoms with E-state index in [4.69, 9.17) is 9.47 Å². The molecule has 1 aromatic heterocycles. The quantitative estimate of drug-likeness (QED) is 0.263. The maximum absolute atomic E-state index is 13.6. The standard InChI is InChI=1S/C29H34F3N3O4S/c1-5-14-35(28(37)33-23-9-7-22(8-10-23)29(30,31)32)19-27(36)34(18-26-20(2)13-16-40-26)15-12-21-6-11-24(38-3)25(17-21)39-4/h6-11,13,16-17H,5,12,14-15,18-19H2,1-4H3,(H,33,37). The number of hydrogen-bond donors (Lipinski definition) is 1. The molecule has 0 radical (unpaired) electrons. The van der Waals surface area contributed by atoms with Gasteiger partial charge >= 0.3 is 12.2 Å². The van der Waals surface area contributed by atoms with Gasteiger partial charge < -0.3 is 24.6 Å². The van der Waals surface area contributed by atoms with E-state index in [1.165, 1.54) is 17.0 Å². The molecule has 11 heteroatoms. The maximum atomic E-state index is 13.6. The molecule has 7 nitrogen and oxygen atoms in total. The molecule has 0 aliphatic heterocycles. The van der Waals surface area contributed by atoms with Crippen molar-refractivity contribution in [2.45, 2.75) is 39.4 Å². The number of rotatable bonds is 12. The summed E-state index contributed by atoms with van der Waals surface area (Å²) < 4.78 is 49.4. The largest absolute Gasteiger partial charge is 0.493 e. The number of hydrogen-bond acceptors (Lipinski definition) is 5. The molecule has 3 rings (SSSR count). The summed E-state index contributed by atoms with van der Waals surface area (Å²) >= 11 is 1.56. The summed E-state index contributed by atoms with van der Waals surface area (Å²) in [6, 6.07) is 11.3. The number of methoxy groups -OCH3 is 2. The minimum absolute atomic E-state index is 0.170. The van der Waals surface area contributed by atoms with Crippen molar-refractivity contribution in [1.82, 2.24) is 9.80 Å². The molecular formula is C29H34F3N3O4S. The summed E-state index contributed by atoms with van der Waals surface area (Å²) in [6.45, 7) is 4.81. The summed E-state index contributed by atoms with van der Waals surface area (Å²) in [6.07, 6.45) is -3.31. The van der Waals surface area contributed by atoms with Crippen LogP contribution in [-0.2, 0) is 23.9 Å². The summed E-state index contributed by atoms with van der Waals surface area (Å²) in [5, 5.41) is 4.59. The van der Waals surface area contributed by atoms with Crippen LogP contribution in [0.3, 0.4) is 0 Å². The number of alkyl halides is 3. The van der Waals surface area contributed by atoms with Gasteiger partial charge in [0.15, 0.2) is 11.5 Å². The highest BCUT2D eigenvalue weighted by atomic mass is 32.1. The molecule has 0 atom stereocenters. The highest BCUT2D eigenvalue weighted by Crippen LogP contribution is 2.30. The van der Waals surface area contributed by atoms with Crippen LogP contribution in [0.4, 0.5) is 23.7 Å². The third-order valence-corrected chi connectivity index (χ3v) is 7.35. The lowest BCUT2D eigenvalue weighted by atomic mass is 10.1. The van der Waals surface area contributed by atoms with Crippen LogP contribution in [0, 0.1) is 6.92 Å². The van der Waals surface area contributed by atoms with Crippen molar-refractivity contribution in [3.63, 3.8) is 0 Å². The van der Waals surface area contributed by atoms with Gasteiger partial charge in [0.1, 0.15) is 6.54 Å². The van der Waals surface area contributed by atoms with Gasteiger partial charge in [0.2, 0.25) is 5.91 Å². The first-order valence-corrected chi connectivity index (χ1v) is 13.7. The Kier molecular flexibility index (Phi) is 10.8. The van der Waals surface area contributed by atoms with Crippen LogP contribution >= 0.6 is 11.3 Å². The highest BCUT2D eigenvalue weighted by Gasteiger charge is 2.30. The lowest BCUT2D eigenvalue weighted by molar-refractivity contribution is -0.137. The van der Waals surface area contributed by atoms with Crippen molar-refractivity contribution in [2.24, 2.45) is 0 Å². The Morgan fingerprint density at radius 2 is 1.65 bits per heavy atom. The van der Waals surface area contributed by atoms with Crippen molar-refractivity contribution < 1.29 is 32.2 Å². The first-order chi connectivity index (χ1) is 19.0. The van der Waals surface area contributed by atoms with E-state index in [1.54, 1.807) is 30.5 Å². The highest BCUT2D eigenvalue weighted by molar-refractivity contribution is 7.10. The van der Waals surface area contributed by atoms with E-state index in [0.717, 1.165) is 28.1 Å². The number of halogens is 3. The third-order valence-electron chi connectivity index (χ3n) is 6.34. The first kappa shape index (κ1) is 30.8. The number of nitrogens with zero attached hydrogens (tertiary/aromatic N) is 2. The van der Waals surface area contributed by atoms with Crippen molar-refractivity contribution in [3.05, 3.63) is 75.5 Å². The van der Waals surface area contributed by atoms with E-state index in [1.807, 2.05) is 43.5 Å². The Labute approximate surface area is 236 Å². The Morgan fingerprint density at radius 3 is 2.23 bits per heavy atom. The number of aryl methyl sites for hydroxylation is 1. The predicted octanol–water partition coefficient (Wildman–Crippen LogP) is 6.61. The van der Waals surface area contributed by atoms with Gasteiger partial charge in [-0.05, 0) is 78.7 Å². The zero-order chi connectivity index (χ0) is 29.3. The Hall–Kier alpha value is -3.73. The number of urea groups is 1. The number of ether oxygens (including phenoxy) is 2. The van der Waals surface area contributed by atoms with Crippen molar-refractivity contribution >= 4 is 29.0 Å². The minimum Gasteiger partial charge on any atom is -0.493 e. The lowest BCUT2D eigenvalue weighted by Gasteiger charge is -2.28. The fourth-order valence-electron chi connectivity index (χ4n) is 4.06. The van der Waals surface area contributed by atoms with Crippen LogP contribution in [0.5, 0.6) is 11.5 Å². The molecular weight excluding hydrogens is 543 g/mol. The van der Waals surface area contributed by atoms with Gasteiger partial charge in [0, 0.05) is 23.7 Å². The molecule has 0 aliphatic carbocycles. The number of carbonyl (C=O) groups excluding carboxylic acids is 2. The van der Waals surface area contributed by atoms with Crippen molar-refractivity contribution in [1.29, 1.82) is 0 Å². The van der Waals surface area contributed by atoms with E-state index in [-0.39, 0.29) is 18.1 Å². The molecule has 0 spiro atoms. The second kappa shape index (κ2) is 14.1. The molecule has 0 saturated heterocycles. The molecule has 216 valence electrons. The molecule has 2 aromatic carbocycles. The van der Waals surface area contributed by atoms with E-state index < -0.39 is 17.8 Å². The molecule has 40 heavy (non-hydrogen) atoms. The average molecular weight is 578 g/mol. The minimum atomic E-state index is -4.47. The molecule has 1 N–H and O–H groups in total. The van der Waals surface area contributed by atoms with E-state index in [9.17, 15) is 22.8 Å². The Balaban J connectivity index is 1.74. The summed E-state index contributed by atoms with van der Waals surface area (Å²) in [5.41, 5.74) is 1.45. The molecule has 0 fully saturated rings. The van der Waals surface area contributed by atoms with Gasteiger partial charge in [0.25, 0.3) is 0 Å². The number of nitrogens with one attached hydrogen (secondary N) is 1. The molecule has 0 bridgehead atoms. The van der Waals surface area contributed by atoms with Crippen molar-refractivity contribution in [3.8, 4) is 11.5 Å². The normalized spacial score (nSPS) is 11.2. The number of thiophene rings is 1. The van der Waals surface area contributed by atoms with Crippen molar-refractivity contribution in [2.75, 3.05) is 39.2 Å². The first-order valence-electron chi connectivity index (χ1n) is 12.8. The van der Waals surface area contributed by atoms with Crippen LogP contribution in [-0.4, -0.2) is 55.6 Å². The molecule has 1 heterocycles. The Morgan fingerprint density at radius 1 is 0.950 bits per heavy atom. The van der Waals surface area contributed by atoms with E-state index in [0.29, 0.717) is 44.0 Å². The summed E-state index contributed by atoms with van der Waals surface area (Å²) in [5.74, 6) is 0.980. The van der Waals surface area contributed by atoms with Crippen LogP contribution < -0.4 is 14.8 Å². The van der Waals surface area contributed by atoms with Gasteiger partial charge in [-0.3, -0.25) is 4.79 Å². The second-order valence-corrected chi connectivity index (χ2v) is 10.2. The van der Waals surface area contributed by atoms with Crippen LogP contribution in [0.1, 0.15) is 34.9 Å². The van der Waals surface area contributed by atoms with Gasteiger partial charge in [-0.25, -0.2) is 4.79 Å². The van der Waals surface area contributed by atoms with Gasteiger partial charge in [-0.2, -0.15) is 13.2 Å². The second-order valence-electron chi connectivity index (χ2n) is 9.21. The predicted molar refractivity (Wildman–Crippen MR) is 150 cm³/mol. The van der Waals surface area contributed by atoms with E-state index >= 15 is 0 Å². The molecule has 3 aromatic rings. The summed E-state index contributed by atoms with van der Waals surface area (Å²) in [4.78, 5) is 30.7. The molecule has 0 unspecified atom stereocenters. The monoisotopic (exact) mass is 577 g/mol. The topological polar surface area (TPSA) is 71.1 Å².